The second-order valence-electron chi connectivity index (χ2n) is 2.75. The molecule has 0 aliphatic heterocycles. The van der Waals surface area contributed by atoms with Crippen LogP contribution in [0.2, 0.25) is 0 Å². The fourth-order valence-corrected chi connectivity index (χ4v) is 1.08. The summed E-state index contributed by atoms with van der Waals surface area (Å²) in [5.74, 6) is 0.973. The van der Waals surface area contributed by atoms with Gasteiger partial charge in [0.25, 0.3) is 0 Å². The van der Waals surface area contributed by atoms with E-state index < -0.39 is 0 Å². The van der Waals surface area contributed by atoms with Gasteiger partial charge in [0.15, 0.2) is 0 Å². The number of aromatic amines is 1. The molecule has 2 heteroatoms. The van der Waals surface area contributed by atoms with Crippen LogP contribution in [0.3, 0.4) is 0 Å². The van der Waals surface area contributed by atoms with E-state index in [4.69, 9.17) is 0 Å². The molecule has 0 unspecified atom stereocenters. The van der Waals surface area contributed by atoms with Gasteiger partial charge in [-0.05, 0) is 26.0 Å². The number of fused-ring (bicyclic) bond motifs is 1. The van der Waals surface area contributed by atoms with Gasteiger partial charge in [-0.15, -0.1) is 6.58 Å². The zero-order chi connectivity index (χ0) is 9.68. The molecule has 1 aromatic heterocycles. The molecular weight excluding hydrogens is 160 g/mol. The maximum absolute atomic E-state index is 4.26. The minimum absolute atomic E-state index is 0.973. The molecule has 0 bridgehead atoms. The van der Waals surface area contributed by atoms with Gasteiger partial charge in [0.2, 0.25) is 0 Å². The van der Waals surface area contributed by atoms with Gasteiger partial charge in [0, 0.05) is 0 Å². The molecule has 1 aromatic carbocycles. The minimum atomic E-state index is 0.973. The number of allylic oxidation sites excluding steroid dienone is 1. The molecule has 0 saturated carbocycles. The molecule has 0 amide bonds. The lowest BCUT2D eigenvalue weighted by atomic mass is 10.3. The highest BCUT2D eigenvalue weighted by Crippen LogP contribution is 2.08. The molecule has 0 aliphatic carbocycles. The van der Waals surface area contributed by atoms with Crippen LogP contribution in [0.4, 0.5) is 0 Å². The van der Waals surface area contributed by atoms with E-state index in [1.165, 1.54) is 0 Å². The van der Waals surface area contributed by atoms with Crippen molar-refractivity contribution in [2.75, 3.05) is 0 Å². The van der Waals surface area contributed by atoms with Crippen LogP contribution in [0.5, 0.6) is 0 Å². The number of imidazole rings is 1. The molecule has 1 heterocycles. The molecule has 0 radical (unpaired) electrons. The van der Waals surface area contributed by atoms with Crippen LogP contribution in [0, 0.1) is 6.92 Å². The maximum Gasteiger partial charge on any atom is 0.104 e. The number of hydrogen-bond acceptors (Lipinski definition) is 1. The quantitative estimate of drug-likeness (QED) is 0.611. The number of H-pyrrole nitrogens is 1. The van der Waals surface area contributed by atoms with E-state index in [1.807, 2.05) is 38.1 Å². The largest absolute Gasteiger partial charge is 0.342 e. The van der Waals surface area contributed by atoms with Crippen molar-refractivity contribution in [3.8, 4) is 0 Å². The predicted octanol–water partition coefficient (Wildman–Crippen LogP) is 3.06. The standard InChI is InChI=1S/C8H8N2.C3H6/c1-6-9-7-4-2-3-5-8(7)10-6;1-3-2/h2-5H,1H3,(H,9,10);3H,1H2,2H3. The summed E-state index contributed by atoms with van der Waals surface area (Å²) in [6.07, 6.45) is 1.75. The predicted molar refractivity (Wildman–Crippen MR) is 56.7 cm³/mol. The van der Waals surface area contributed by atoms with E-state index in [2.05, 4.69) is 16.5 Å². The van der Waals surface area contributed by atoms with Crippen molar-refractivity contribution >= 4 is 11.0 Å². The first-order valence-electron chi connectivity index (χ1n) is 4.26. The lowest BCUT2D eigenvalue weighted by Crippen LogP contribution is -1.68. The van der Waals surface area contributed by atoms with Gasteiger partial charge in [0.05, 0.1) is 11.0 Å². The molecule has 0 saturated heterocycles. The van der Waals surface area contributed by atoms with E-state index in [0.717, 1.165) is 16.9 Å². The van der Waals surface area contributed by atoms with Crippen molar-refractivity contribution in [2.45, 2.75) is 13.8 Å². The highest BCUT2D eigenvalue weighted by atomic mass is 14.9. The number of aryl methyl sites for hydroxylation is 1. The van der Waals surface area contributed by atoms with Crippen LogP contribution < -0.4 is 0 Å². The topological polar surface area (TPSA) is 28.7 Å². The molecule has 0 atom stereocenters. The lowest BCUT2D eigenvalue weighted by Gasteiger charge is -1.81. The Balaban J connectivity index is 0.000000251. The zero-order valence-electron chi connectivity index (χ0n) is 8.04. The molecule has 2 aromatic rings. The van der Waals surface area contributed by atoms with Crippen LogP contribution in [0.15, 0.2) is 36.9 Å². The van der Waals surface area contributed by atoms with E-state index in [0.29, 0.717) is 0 Å². The third kappa shape index (κ3) is 2.44. The Hall–Kier alpha value is -1.57. The van der Waals surface area contributed by atoms with Gasteiger partial charge in [-0.3, -0.25) is 0 Å². The van der Waals surface area contributed by atoms with Gasteiger partial charge < -0.3 is 4.98 Å². The third-order valence-electron chi connectivity index (χ3n) is 1.51. The van der Waals surface area contributed by atoms with E-state index in [-0.39, 0.29) is 0 Å². The number of benzene rings is 1. The van der Waals surface area contributed by atoms with Crippen molar-refractivity contribution in [3.63, 3.8) is 0 Å². The Bertz CT molecular complexity index is 355. The SMILES string of the molecule is C=CC.Cc1nc2ccccc2[nH]1. The first-order valence-corrected chi connectivity index (χ1v) is 4.26. The second-order valence-corrected chi connectivity index (χ2v) is 2.75. The monoisotopic (exact) mass is 174 g/mol. The van der Waals surface area contributed by atoms with E-state index in [9.17, 15) is 0 Å². The molecular formula is C11H14N2. The smallest absolute Gasteiger partial charge is 0.104 e. The maximum atomic E-state index is 4.26. The summed E-state index contributed by atoms with van der Waals surface area (Å²) in [6.45, 7) is 7.21. The summed E-state index contributed by atoms with van der Waals surface area (Å²) >= 11 is 0. The Morgan fingerprint density at radius 2 is 2.00 bits per heavy atom. The average molecular weight is 174 g/mol. The van der Waals surface area contributed by atoms with Crippen molar-refractivity contribution in [1.29, 1.82) is 0 Å². The normalized spacial score (nSPS) is 9.08. The van der Waals surface area contributed by atoms with E-state index >= 15 is 0 Å². The van der Waals surface area contributed by atoms with Gasteiger partial charge >= 0.3 is 0 Å². The van der Waals surface area contributed by atoms with Crippen LogP contribution in [-0.4, -0.2) is 9.97 Å². The van der Waals surface area contributed by atoms with Crippen molar-refractivity contribution < 1.29 is 0 Å². The fourth-order valence-electron chi connectivity index (χ4n) is 1.08. The molecule has 0 fully saturated rings. The highest BCUT2D eigenvalue weighted by Gasteiger charge is 1.93. The van der Waals surface area contributed by atoms with Crippen molar-refractivity contribution in [3.05, 3.63) is 42.7 Å². The Labute approximate surface area is 78.3 Å². The number of nitrogens with one attached hydrogen (secondary N) is 1. The van der Waals surface area contributed by atoms with Gasteiger partial charge in [-0.2, -0.15) is 0 Å². The molecule has 0 spiro atoms. The summed E-state index contributed by atoms with van der Waals surface area (Å²) in [5, 5.41) is 0. The van der Waals surface area contributed by atoms with Crippen molar-refractivity contribution in [1.82, 2.24) is 9.97 Å². The van der Waals surface area contributed by atoms with Crippen LogP contribution in [0.1, 0.15) is 12.7 Å². The van der Waals surface area contributed by atoms with Gasteiger partial charge in [0.1, 0.15) is 5.82 Å². The first-order chi connectivity index (χ1) is 6.27. The molecule has 0 aliphatic rings. The van der Waals surface area contributed by atoms with Crippen LogP contribution in [-0.2, 0) is 0 Å². The Morgan fingerprint density at radius 1 is 1.38 bits per heavy atom. The summed E-state index contributed by atoms with van der Waals surface area (Å²) < 4.78 is 0. The molecule has 68 valence electrons. The van der Waals surface area contributed by atoms with Crippen LogP contribution in [0.25, 0.3) is 11.0 Å². The zero-order valence-corrected chi connectivity index (χ0v) is 8.04. The Morgan fingerprint density at radius 3 is 2.62 bits per heavy atom. The molecule has 2 nitrogen and oxygen atoms in total. The summed E-state index contributed by atoms with van der Waals surface area (Å²) in [4.78, 5) is 7.40. The summed E-state index contributed by atoms with van der Waals surface area (Å²) in [6, 6.07) is 8.01. The summed E-state index contributed by atoms with van der Waals surface area (Å²) in [7, 11) is 0. The number of rotatable bonds is 0. The third-order valence-corrected chi connectivity index (χ3v) is 1.51. The summed E-state index contributed by atoms with van der Waals surface area (Å²) in [5.41, 5.74) is 2.15. The number of aromatic nitrogens is 2. The van der Waals surface area contributed by atoms with Crippen LogP contribution >= 0.6 is 0 Å². The fraction of sp³-hybridized carbons (Fsp3) is 0.182. The number of nitrogens with zero attached hydrogens (tertiary/aromatic N) is 1. The minimum Gasteiger partial charge on any atom is -0.342 e. The van der Waals surface area contributed by atoms with Gasteiger partial charge in [-0.1, -0.05) is 18.2 Å². The van der Waals surface area contributed by atoms with Crippen molar-refractivity contribution in [2.24, 2.45) is 0 Å². The molecule has 1 N–H and O–H groups in total. The second kappa shape index (κ2) is 4.45. The number of para-hydroxylation sites is 2. The van der Waals surface area contributed by atoms with Gasteiger partial charge in [-0.25, -0.2) is 4.98 Å². The van der Waals surface area contributed by atoms with E-state index in [1.54, 1.807) is 6.08 Å². The molecule has 13 heavy (non-hydrogen) atoms. The first kappa shape index (κ1) is 9.52. The average Bonchev–Trinajstić information content (AvgIpc) is 2.45. The lowest BCUT2D eigenvalue weighted by molar-refractivity contribution is 1.17. The Kier molecular flexibility index (Phi) is 3.26. The molecule has 2 rings (SSSR count). The number of hydrogen-bond donors (Lipinski definition) is 1. The highest BCUT2D eigenvalue weighted by molar-refractivity contribution is 5.74.